The molecule has 1 aromatic rings. The van der Waals surface area contributed by atoms with Crippen molar-refractivity contribution in [1.82, 2.24) is 5.32 Å². The van der Waals surface area contributed by atoms with E-state index in [0.717, 1.165) is 0 Å². The second-order valence-electron chi connectivity index (χ2n) is 3.37. The molecule has 0 radical (unpaired) electrons. The molecule has 0 heterocycles. The highest BCUT2D eigenvalue weighted by Crippen LogP contribution is 2.19. The van der Waals surface area contributed by atoms with Gasteiger partial charge in [0, 0.05) is 18.3 Å². The highest BCUT2D eigenvalue weighted by Gasteiger charge is 2.06. The predicted octanol–water partition coefficient (Wildman–Crippen LogP) is 2.00. The summed E-state index contributed by atoms with van der Waals surface area (Å²) in [5, 5.41) is 5.37. The van der Waals surface area contributed by atoms with Crippen LogP contribution >= 0.6 is 0 Å². The number of rotatable bonds is 7. The average molecular weight is 256 g/mol. The lowest BCUT2D eigenvalue weighted by atomic mass is 10.3. The predicted molar refractivity (Wildman–Crippen MR) is 64.8 cm³/mol. The highest BCUT2D eigenvalue weighted by molar-refractivity contribution is 5.92. The van der Waals surface area contributed by atoms with Crippen LogP contribution in [-0.4, -0.2) is 25.6 Å². The number of nitrogens with one attached hydrogen (secondary N) is 2. The van der Waals surface area contributed by atoms with Gasteiger partial charge in [0.25, 0.3) is 0 Å². The normalized spacial score (nSPS) is 10.2. The van der Waals surface area contributed by atoms with E-state index in [-0.39, 0.29) is 18.2 Å². The molecule has 0 aliphatic heterocycles. The molecule has 0 aliphatic rings. The van der Waals surface area contributed by atoms with E-state index < -0.39 is 6.61 Å². The lowest BCUT2D eigenvalue weighted by Crippen LogP contribution is -2.28. The molecule has 1 aromatic carbocycles. The van der Waals surface area contributed by atoms with Gasteiger partial charge in [-0.3, -0.25) is 4.79 Å². The largest absolute Gasteiger partial charge is 0.435 e. The van der Waals surface area contributed by atoms with Gasteiger partial charge in [0.2, 0.25) is 5.91 Å². The van der Waals surface area contributed by atoms with E-state index in [4.69, 9.17) is 0 Å². The Morgan fingerprint density at radius 2 is 2.28 bits per heavy atom. The second-order valence-corrected chi connectivity index (χ2v) is 3.37. The minimum absolute atomic E-state index is 0.00171. The molecule has 0 saturated carbocycles. The van der Waals surface area contributed by atoms with Crippen LogP contribution < -0.4 is 15.4 Å². The van der Waals surface area contributed by atoms with Gasteiger partial charge in [-0.1, -0.05) is 12.1 Å². The minimum Gasteiger partial charge on any atom is -0.435 e. The van der Waals surface area contributed by atoms with E-state index in [0.29, 0.717) is 12.2 Å². The Balaban J connectivity index is 2.50. The molecule has 0 aromatic heterocycles. The van der Waals surface area contributed by atoms with Crippen molar-refractivity contribution in [3.8, 4) is 5.75 Å². The number of hydrogen-bond acceptors (Lipinski definition) is 3. The molecule has 0 bridgehead atoms. The molecule has 0 unspecified atom stereocenters. The quantitative estimate of drug-likeness (QED) is 0.579. The Labute approximate surface area is 104 Å². The molecule has 98 valence electrons. The summed E-state index contributed by atoms with van der Waals surface area (Å²) in [5.74, 6) is -0.270. The fourth-order valence-electron chi connectivity index (χ4n) is 1.24. The second kappa shape index (κ2) is 7.39. The number of ether oxygens (including phenoxy) is 1. The molecule has 1 amide bonds. The maximum atomic E-state index is 12.0. The lowest BCUT2D eigenvalue weighted by Gasteiger charge is -2.08. The third-order valence-corrected chi connectivity index (χ3v) is 1.92. The molecule has 2 N–H and O–H groups in total. The lowest BCUT2D eigenvalue weighted by molar-refractivity contribution is -0.115. The number of hydrogen-bond donors (Lipinski definition) is 2. The van der Waals surface area contributed by atoms with Crippen molar-refractivity contribution in [3.63, 3.8) is 0 Å². The first kappa shape index (κ1) is 14.1. The highest BCUT2D eigenvalue weighted by atomic mass is 19.3. The zero-order valence-electron chi connectivity index (χ0n) is 9.66. The topological polar surface area (TPSA) is 50.4 Å². The van der Waals surface area contributed by atoms with Gasteiger partial charge in [-0.2, -0.15) is 8.78 Å². The van der Waals surface area contributed by atoms with Crippen LogP contribution in [0.3, 0.4) is 0 Å². The summed E-state index contributed by atoms with van der Waals surface area (Å²) < 4.78 is 28.2. The third kappa shape index (κ3) is 5.40. The minimum atomic E-state index is -2.88. The molecule has 6 heteroatoms. The van der Waals surface area contributed by atoms with Crippen molar-refractivity contribution in [2.24, 2.45) is 0 Å². The van der Waals surface area contributed by atoms with E-state index in [9.17, 15) is 13.6 Å². The number of amides is 1. The van der Waals surface area contributed by atoms with Crippen molar-refractivity contribution in [3.05, 3.63) is 36.9 Å². The van der Waals surface area contributed by atoms with Gasteiger partial charge in [0.1, 0.15) is 5.75 Å². The first-order valence-electron chi connectivity index (χ1n) is 5.28. The van der Waals surface area contributed by atoms with E-state index in [1.807, 2.05) is 0 Å². The van der Waals surface area contributed by atoms with E-state index in [2.05, 4.69) is 21.9 Å². The fourth-order valence-corrected chi connectivity index (χ4v) is 1.24. The molecule has 4 nitrogen and oxygen atoms in total. The van der Waals surface area contributed by atoms with Gasteiger partial charge in [0.05, 0.1) is 6.54 Å². The van der Waals surface area contributed by atoms with E-state index in [1.165, 1.54) is 18.2 Å². The van der Waals surface area contributed by atoms with Crippen LogP contribution in [0, 0.1) is 0 Å². The number of carbonyl (C=O) groups excluding carboxylic acids is 1. The molecule has 18 heavy (non-hydrogen) atoms. The number of halogens is 2. The van der Waals surface area contributed by atoms with Crippen molar-refractivity contribution in [1.29, 1.82) is 0 Å². The summed E-state index contributed by atoms with van der Waals surface area (Å²) in [5.41, 5.74) is 0.401. The zero-order valence-corrected chi connectivity index (χ0v) is 9.66. The van der Waals surface area contributed by atoms with Gasteiger partial charge in [0.15, 0.2) is 0 Å². The summed E-state index contributed by atoms with van der Waals surface area (Å²) in [6, 6.07) is 5.82. The summed E-state index contributed by atoms with van der Waals surface area (Å²) in [6.07, 6.45) is 1.63. The van der Waals surface area contributed by atoms with Gasteiger partial charge in [-0.05, 0) is 12.1 Å². The van der Waals surface area contributed by atoms with Gasteiger partial charge < -0.3 is 15.4 Å². The summed E-state index contributed by atoms with van der Waals surface area (Å²) in [7, 11) is 0. The maximum absolute atomic E-state index is 12.0. The van der Waals surface area contributed by atoms with Crippen molar-refractivity contribution in [2.45, 2.75) is 6.61 Å². The molecule has 1 rings (SSSR count). The van der Waals surface area contributed by atoms with Crippen LogP contribution in [-0.2, 0) is 4.79 Å². The Bertz CT molecular complexity index is 411. The van der Waals surface area contributed by atoms with Crippen molar-refractivity contribution >= 4 is 11.6 Å². The van der Waals surface area contributed by atoms with E-state index >= 15 is 0 Å². The van der Waals surface area contributed by atoms with Crippen LogP contribution in [0.15, 0.2) is 36.9 Å². The number of carbonyl (C=O) groups is 1. The van der Waals surface area contributed by atoms with Gasteiger partial charge >= 0.3 is 6.61 Å². The van der Waals surface area contributed by atoms with Crippen LogP contribution in [0.25, 0.3) is 0 Å². The first-order valence-corrected chi connectivity index (χ1v) is 5.28. The fraction of sp³-hybridized carbons (Fsp3) is 0.250. The number of alkyl halides is 2. The number of anilines is 1. The van der Waals surface area contributed by atoms with Crippen LogP contribution in [0.4, 0.5) is 14.5 Å². The maximum Gasteiger partial charge on any atom is 0.387 e. The molecular weight excluding hydrogens is 242 g/mol. The third-order valence-electron chi connectivity index (χ3n) is 1.92. The Morgan fingerprint density at radius 1 is 1.50 bits per heavy atom. The average Bonchev–Trinajstić information content (AvgIpc) is 2.28. The van der Waals surface area contributed by atoms with Crippen molar-refractivity contribution < 1.29 is 18.3 Å². The molecular formula is C12H14F2N2O2. The SMILES string of the molecule is C=CCNCC(=O)Nc1cccc(OC(F)F)c1. The van der Waals surface area contributed by atoms with Gasteiger partial charge in [-0.25, -0.2) is 0 Å². The summed E-state index contributed by atoms with van der Waals surface area (Å²) >= 11 is 0. The van der Waals surface area contributed by atoms with Crippen LogP contribution in [0.2, 0.25) is 0 Å². The Kier molecular flexibility index (Phi) is 5.79. The first-order chi connectivity index (χ1) is 8.61. The smallest absolute Gasteiger partial charge is 0.387 e. The molecule has 0 aliphatic carbocycles. The monoisotopic (exact) mass is 256 g/mol. The Hall–Kier alpha value is -1.95. The van der Waals surface area contributed by atoms with Crippen LogP contribution in [0.5, 0.6) is 5.75 Å². The van der Waals surface area contributed by atoms with E-state index in [1.54, 1.807) is 12.1 Å². The summed E-state index contributed by atoms with van der Waals surface area (Å²) in [4.78, 5) is 11.4. The van der Waals surface area contributed by atoms with Gasteiger partial charge in [-0.15, -0.1) is 6.58 Å². The molecule has 0 spiro atoms. The number of benzene rings is 1. The summed E-state index contributed by atoms with van der Waals surface area (Å²) in [6.45, 7) is 1.25. The van der Waals surface area contributed by atoms with Crippen molar-refractivity contribution in [2.75, 3.05) is 18.4 Å². The molecule has 0 atom stereocenters. The Morgan fingerprint density at radius 3 is 2.94 bits per heavy atom. The zero-order chi connectivity index (χ0) is 13.4. The standard InChI is InChI=1S/C12H14F2N2O2/c1-2-6-15-8-11(17)16-9-4-3-5-10(7-9)18-12(13)14/h2-5,7,12,15H,1,6,8H2,(H,16,17). The molecule has 0 saturated heterocycles. The molecule has 0 fully saturated rings. The van der Waals surface area contributed by atoms with Crippen LogP contribution in [0.1, 0.15) is 0 Å².